The molecule has 2 heterocycles. The molecule has 0 radical (unpaired) electrons. The predicted octanol–water partition coefficient (Wildman–Crippen LogP) is 2.25. The predicted molar refractivity (Wildman–Crippen MR) is 71.1 cm³/mol. The highest BCUT2D eigenvalue weighted by Crippen LogP contribution is 2.29. The quantitative estimate of drug-likeness (QED) is 0.849. The van der Waals surface area contributed by atoms with E-state index in [1.807, 2.05) is 0 Å². The fourth-order valence-corrected chi connectivity index (χ4v) is 2.41. The van der Waals surface area contributed by atoms with Gasteiger partial charge in [0.05, 0.1) is 0 Å². The Labute approximate surface area is 124 Å². The summed E-state index contributed by atoms with van der Waals surface area (Å²) in [6, 6.07) is 1.35. The summed E-state index contributed by atoms with van der Waals surface area (Å²) in [6.45, 7) is 2.43. The zero-order valence-electron chi connectivity index (χ0n) is 11.2. The summed E-state index contributed by atoms with van der Waals surface area (Å²) in [6.07, 6.45) is -3.35. The SMILES string of the molecule is CC(=O)NC1CCN(c2cc(Cl)nc(C(F)(F)F)n2)CC1. The number of amides is 1. The Hall–Kier alpha value is -1.57. The van der Waals surface area contributed by atoms with E-state index in [1.165, 1.54) is 13.0 Å². The molecule has 1 aromatic heterocycles. The molecule has 2 rings (SSSR count). The van der Waals surface area contributed by atoms with Gasteiger partial charge in [-0.15, -0.1) is 0 Å². The number of carbonyl (C=O) groups excluding carboxylic acids is 1. The molecule has 0 atom stereocenters. The lowest BCUT2D eigenvalue weighted by atomic mass is 10.1. The van der Waals surface area contributed by atoms with Crippen LogP contribution in [0, 0.1) is 0 Å². The van der Waals surface area contributed by atoms with Gasteiger partial charge in [-0.1, -0.05) is 11.6 Å². The van der Waals surface area contributed by atoms with E-state index < -0.39 is 12.0 Å². The van der Waals surface area contributed by atoms with Crippen LogP contribution in [-0.4, -0.2) is 35.0 Å². The Morgan fingerprint density at radius 3 is 2.52 bits per heavy atom. The number of halogens is 4. The second-order valence-corrected chi connectivity index (χ2v) is 5.22. The molecule has 1 saturated heterocycles. The van der Waals surface area contributed by atoms with Gasteiger partial charge in [-0.05, 0) is 12.8 Å². The molecule has 1 fully saturated rings. The van der Waals surface area contributed by atoms with Crippen molar-refractivity contribution < 1.29 is 18.0 Å². The summed E-state index contributed by atoms with van der Waals surface area (Å²) < 4.78 is 38.0. The van der Waals surface area contributed by atoms with E-state index in [1.54, 1.807) is 4.90 Å². The van der Waals surface area contributed by atoms with Crippen molar-refractivity contribution in [2.24, 2.45) is 0 Å². The van der Waals surface area contributed by atoms with Crippen molar-refractivity contribution >= 4 is 23.3 Å². The summed E-state index contributed by atoms with van der Waals surface area (Å²) >= 11 is 5.64. The normalized spacial score (nSPS) is 16.9. The number of hydrogen-bond acceptors (Lipinski definition) is 4. The first kappa shape index (κ1) is 15.8. The number of nitrogens with one attached hydrogen (secondary N) is 1. The van der Waals surface area contributed by atoms with Crippen LogP contribution in [0.4, 0.5) is 19.0 Å². The van der Waals surface area contributed by atoms with Crippen LogP contribution in [-0.2, 0) is 11.0 Å². The monoisotopic (exact) mass is 322 g/mol. The number of aromatic nitrogens is 2. The van der Waals surface area contributed by atoms with Gasteiger partial charge in [0.25, 0.3) is 0 Å². The minimum atomic E-state index is -4.63. The summed E-state index contributed by atoms with van der Waals surface area (Å²) in [5.41, 5.74) is 0. The molecule has 1 N–H and O–H groups in total. The third-order valence-corrected chi connectivity index (χ3v) is 3.35. The molecule has 9 heteroatoms. The van der Waals surface area contributed by atoms with E-state index in [4.69, 9.17) is 11.6 Å². The van der Waals surface area contributed by atoms with Gasteiger partial charge in [-0.2, -0.15) is 13.2 Å². The van der Waals surface area contributed by atoms with Gasteiger partial charge in [-0.25, -0.2) is 9.97 Å². The zero-order valence-corrected chi connectivity index (χ0v) is 12.0. The molecule has 21 heavy (non-hydrogen) atoms. The molecule has 0 bridgehead atoms. The van der Waals surface area contributed by atoms with Gasteiger partial charge in [-0.3, -0.25) is 4.79 Å². The van der Waals surface area contributed by atoms with E-state index in [-0.39, 0.29) is 22.9 Å². The Kier molecular flexibility index (Phi) is 4.55. The molecule has 1 aliphatic rings. The van der Waals surface area contributed by atoms with Crippen molar-refractivity contribution in [3.05, 3.63) is 17.0 Å². The Bertz CT molecular complexity index is 530. The van der Waals surface area contributed by atoms with Gasteiger partial charge < -0.3 is 10.2 Å². The summed E-state index contributed by atoms with van der Waals surface area (Å²) in [5.74, 6) is -1.20. The first-order chi connectivity index (χ1) is 9.75. The van der Waals surface area contributed by atoms with Crippen molar-refractivity contribution in [1.29, 1.82) is 0 Å². The van der Waals surface area contributed by atoms with Crippen LogP contribution in [0.2, 0.25) is 5.15 Å². The smallest absolute Gasteiger partial charge is 0.356 e. The van der Waals surface area contributed by atoms with Crippen LogP contribution >= 0.6 is 11.6 Å². The molecule has 0 unspecified atom stereocenters. The minimum absolute atomic E-state index is 0.0399. The number of nitrogens with zero attached hydrogens (tertiary/aromatic N) is 3. The number of alkyl halides is 3. The lowest BCUT2D eigenvalue weighted by Gasteiger charge is -2.33. The largest absolute Gasteiger partial charge is 0.451 e. The van der Waals surface area contributed by atoms with Crippen molar-refractivity contribution in [3.8, 4) is 0 Å². The van der Waals surface area contributed by atoms with Crippen LogP contribution in [0.25, 0.3) is 0 Å². The average Bonchev–Trinajstić information content (AvgIpc) is 2.37. The van der Waals surface area contributed by atoms with Gasteiger partial charge in [0.2, 0.25) is 11.7 Å². The summed E-state index contributed by atoms with van der Waals surface area (Å²) in [4.78, 5) is 19.4. The lowest BCUT2D eigenvalue weighted by Crippen LogP contribution is -2.44. The highest BCUT2D eigenvalue weighted by molar-refractivity contribution is 6.29. The van der Waals surface area contributed by atoms with E-state index in [2.05, 4.69) is 15.3 Å². The number of carbonyl (C=O) groups is 1. The van der Waals surface area contributed by atoms with Crippen molar-refractivity contribution in [1.82, 2.24) is 15.3 Å². The maximum atomic E-state index is 12.7. The summed E-state index contributed by atoms with van der Waals surface area (Å²) in [7, 11) is 0. The second kappa shape index (κ2) is 6.05. The molecule has 5 nitrogen and oxygen atoms in total. The van der Waals surface area contributed by atoms with Gasteiger partial charge in [0.15, 0.2) is 0 Å². The fraction of sp³-hybridized carbons (Fsp3) is 0.583. The van der Waals surface area contributed by atoms with E-state index in [0.717, 1.165) is 0 Å². The number of anilines is 1. The van der Waals surface area contributed by atoms with Crippen LogP contribution in [0.1, 0.15) is 25.6 Å². The Balaban J connectivity index is 2.10. The van der Waals surface area contributed by atoms with Crippen molar-refractivity contribution in [2.45, 2.75) is 32.0 Å². The number of piperidine rings is 1. The third kappa shape index (κ3) is 4.20. The van der Waals surface area contributed by atoms with Crippen LogP contribution in [0.15, 0.2) is 6.07 Å². The maximum Gasteiger partial charge on any atom is 0.451 e. The standard InChI is InChI=1S/C12H14ClF3N4O/c1-7(21)17-8-2-4-20(5-3-8)10-6-9(13)18-11(19-10)12(14,15)16/h6,8H,2-5H2,1H3,(H,17,21). The summed E-state index contributed by atoms with van der Waals surface area (Å²) in [5, 5.41) is 2.56. The highest BCUT2D eigenvalue weighted by atomic mass is 35.5. The number of rotatable bonds is 2. The fourth-order valence-electron chi connectivity index (χ4n) is 2.23. The molecule has 0 aromatic carbocycles. The molecule has 1 amide bonds. The molecular formula is C12H14ClF3N4O. The first-order valence-electron chi connectivity index (χ1n) is 6.39. The Morgan fingerprint density at radius 2 is 2.00 bits per heavy atom. The molecule has 116 valence electrons. The van der Waals surface area contributed by atoms with Crippen LogP contribution in [0.5, 0.6) is 0 Å². The van der Waals surface area contributed by atoms with Gasteiger partial charge >= 0.3 is 6.18 Å². The minimum Gasteiger partial charge on any atom is -0.356 e. The lowest BCUT2D eigenvalue weighted by molar-refractivity contribution is -0.144. The van der Waals surface area contributed by atoms with Gasteiger partial charge in [0, 0.05) is 32.1 Å². The average molecular weight is 323 g/mol. The van der Waals surface area contributed by atoms with Crippen LogP contribution < -0.4 is 10.2 Å². The topological polar surface area (TPSA) is 58.1 Å². The van der Waals surface area contributed by atoms with E-state index >= 15 is 0 Å². The van der Waals surface area contributed by atoms with E-state index in [0.29, 0.717) is 25.9 Å². The molecule has 1 aliphatic heterocycles. The second-order valence-electron chi connectivity index (χ2n) is 4.83. The van der Waals surface area contributed by atoms with Crippen molar-refractivity contribution in [3.63, 3.8) is 0 Å². The molecule has 0 saturated carbocycles. The Morgan fingerprint density at radius 1 is 1.38 bits per heavy atom. The zero-order chi connectivity index (χ0) is 15.6. The maximum absolute atomic E-state index is 12.7. The molecule has 0 aliphatic carbocycles. The molecule has 1 aromatic rings. The van der Waals surface area contributed by atoms with Crippen molar-refractivity contribution in [2.75, 3.05) is 18.0 Å². The van der Waals surface area contributed by atoms with Crippen LogP contribution in [0.3, 0.4) is 0 Å². The molecular weight excluding hydrogens is 309 g/mol. The van der Waals surface area contributed by atoms with Gasteiger partial charge in [0.1, 0.15) is 11.0 Å². The third-order valence-electron chi connectivity index (χ3n) is 3.16. The van der Waals surface area contributed by atoms with E-state index in [9.17, 15) is 18.0 Å². The number of hydrogen-bond donors (Lipinski definition) is 1. The molecule has 0 spiro atoms. The first-order valence-corrected chi connectivity index (χ1v) is 6.77. The highest BCUT2D eigenvalue weighted by Gasteiger charge is 2.36.